The highest BCUT2D eigenvalue weighted by atomic mass is 16.4. The third kappa shape index (κ3) is 9.15. The van der Waals surface area contributed by atoms with Crippen LogP contribution in [0.2, 0.25) is 0 Å². The fourth-order valence-electron chi connectivity index (χ4n) is 5.48. The van der Waals surface area contributed by atoms with Crippen LogP contribution in [0.3, 0.4) is 0 Å². The summed E-state index contributed by atoms with van der Waals surface area (Å²) in [5.41, 5.74) is 0.792. The molecule has 2 aromatic rings. The van der Waals surface area contributed by atoms with Gasteiger partial charge >= 0.3 is 5.97 Å². The molecular formula is C30H39BN4O7. The second-order valence-electron chi connectivity index (χ2n) is 10.8. The molecule has 0 heterocycles. The number of ketones is 1. The lowest BCUT2D eigenvalue weighted by atomic mass is 9.83. The Kier molecular flexibility index (Phi) is 12.1. The number of rotatable bonds is 14. The molecule has 2 aromatic carbocycles. The molecule has 0 radical (unpaired) electrons. The van der Waals surface area contributed by atoms with Gasteiger partial charge in [0.05, 0.1) is 6.04 Å². The van der Waals surface area contributed by atoms with Crippen LogP contribution in [0.25, 0.3) is 10.8 Å². The van der Waals surface area contributed by atoms with Crippen LogP contribution in [-0.2, 0) is 30.4 Å². The Balaban J connectivity index is 1.89. The maximum Gasteiger partial charge on any atom is 0.322 e. The lowest BCUT2D eigenvalue weighted by Gasteiger charge is -2.31. The fraction of sp³-hybridized carbons (Fsp3) is 0.467. The van der Waals surface area contributed by atoms with Crippen LogP contribution in [0.5, 0.6) is 0 Å². The normalized spacial score (nSPS) is 15.5. The van der Waals surface area contributed by atoms with Crippen LogP contribution in [0, 0.1) is 5.92 Å². The third-order valence-corrected chi connectivity index (χ3v) is 7.53. The van der Waals surface area contributed by atoms with Crippen LogP contribution in [-0.4, -0.2) is 72.9 Å². The summed E-state index contributed by atoms with van der Waals surface area (Å²) < 4.78 is 0. The molecule has 0 spiro atoms. The lowest BCUT2D eigenvalue weighted by molar-refractivity contribution is -0.143. The number of hydrogen-bond donors (Lipinski definition) is 5. The third-order valence-electron chi connectivity index (χ3n) is 7.53. The number of fused-ring (bicyclic) bond motifs is 1. The van der Waals surface area contributed by atoms with Gasteiger partial charge in [-0.3, -0.25) is 28.8 Å². The van der Waals surface area contributed by atoms with Crippen molar-refractivity contribution in [3.05, 3.63) is 48.0 Å². The minimum absolute atomic E-state index is 0.0729. The zero-order chi connectivity index (χ0) is 30.6. The number of carbonyl (C=O) groups is 6. The van der Waals surface area contributed by atoms with E-state index in [0.29, 0.717) is 6.42 Å². The summed E-state index contributed by atoms with van der Waals surface area (Å²) in [4.78, 5) is 75.4. The van der Waals surface area contributed by atoms with Crippen LogP contribution < -0.4 is 21.3 Å². The molecule has 12 heteroatoms. The molecule has 1 aliphatic rings. The molecule has 0 bridgehead atoms. The molecule has 42 heavy (non-hydrogen) atoms. The van der Waals surface area contributed by atoms with Gasteiger partial charge in [-0.1, -0.05) is 75.1 Å². The van der Waals surface area contributed by atoms with E-state index in [1.165, 1.54) is 7.85 Å². The number of carbonyl (C=O) groups excluding carboxylic acids is 5. The Labute approximate surface area is 246 Å². The van der Waals surface area contributed by atoms with Gasteiger partial charge < -0.3 is 26.4 Å². The molecule has 1 fully saturated rings. The van der Waals surface area contributed by atoms with Crippen molar-refractivity contribution in [2.75, 3.05) is 6.54 Å². The number of Topliss-reactive ketones (excluding diaryl/α,β-unsaturated/α-hetero) is 1. The smallest absolute Gasteiger partial charge is 0.322 e. The van der Waals surface area contributed by atoms with Crippen molar-refractivity contribution in [2.24, 2.45) is 5.92 Å². The van der Waals surface area contributed by atoms with E-state index in [2.05, 4.69) is 16.0 Å². The zero-order valence-electron chi connectivity index (χ0n) is 24.1. The van der Waals surface area contributed by atoms with Gasteiger partial charge in [0.25, 0.3) is 5.91 Å². The van der Waals surface area contributed by atoms with E-state index in [9.17, 15) is 28.8 Å². The maximum absolute atomic E-state index is 13.7. The van der Waals surface area contributed by atoms with Gasteiger partial charge in [-0.25, -0.2) is 0 Å². The predicted molar refractivity (Wildman–Crippen MR) is 160 cm³/mol. The summed E-state index contributed by atoms with van der Waals surface area (Å²) in [5, 5.41) is 20.9. The molecule has 224 valence electrons. The van der Waals surface area contributed by atoms with E-state index >= 15 is 0 Å². The standard InChI is InChI=1S/C30H39BN4O7/c1-2-9-22(26(38)29(41)32-17-24(36)37)33-27(39)23(16-20-14-8-13-18-10-6-7-15-21(18)20)34-28(40)25(35-30(31)42)19-11-4-3-5-12-19/h6-8,10,13-15,19,22-23,25H,2-5,9,11-12,16-17,31H2,1H3,(H,32,41)(H,33,39)(H,34,40)(H,35,42)(H,36,37)/t22?,23-,25-/m0/s1. The number of carboxylic acid groups (broad SMARTS) is 1. The molecule has 0 aliphatic heterocycles. The van der Waals surface area contributed by atoms with E-state index in [4.69, 9.17) is 5.11 Å². The van der Waals surface area contributed by atoms with Gasteiger partial charge in [-0.05, 0) is 41.5 Å². The molecule has 3 rings (SSSR count). The minimum Gasteiger partial charge on any atom is -0.480 e. The molecule has 1 aliphatic carbocycles. The number of hydrogen-bond acceptors (Lipinski definition) is 6. The first kappa shape index (κ1) is 32.3. The zero-order valence-corrected chi connectivity index (χ0v) is 24.1. The van der Waals surface area contributed by atoms with E-state index in [1.807, 2.05) is 47.8 Å². The van der Waals surface area contributed by atoms with E-state index < -0.39 is 54.1 Å². The van der Waals surface area contributed by atoms with Gasteiger partial charge in [-0.15, -0.1) is 0 Å². The first-order valence-electron chi connectivity index (χ1n) is 14.5. The van der Waals surface area contributed by atoms with E-state index in [-0.39, 0.29) is 24.6 Å². The Morgan fingerprint density at radius 1 is 0.881 bits per heavy atom. The molecular weight excluding hydrogens is 539 g/mol. The van der Waals surface area contributed by atoms with Gasteiger partial charge in [0.1, 0.15) is 18.6 Å². The average Bonchev–Trinajstić information content (AvgIpc) is 2.98. The van der Waals surface area contributed by atoms with Gasteiger partial charge in [0.2, 0.25) is 25.4 Å². The number of benzene rings is 2. The molecule has 3 atom stereocenters. The molecule has 1 unspecified atom stereocenters. The van der Waals surface area contributed by atoms with Crippen molar-refractivity contribution < 1.29 is 33.9 Å². The van der Waals surface area contributed by atoms with E-state index in [0.717, 1.165) is 48.4 Å². The maximum atomic E-state index is 13.7. The summed E-state index contributed by atoms with van der Waals surface area (Å²) in [5.74, 6) is -4.98. The summed E-state index contributed by atoms with van der Waals surface area (Å²) in [6, 6.07) is 10.1. The Morgan fingerprint density at radius 2 is 1.55 bits per heavy atom. The fourth-order valence-corrected chi connectivity index (χ4v) is 5.48. The second-order valence-corrected chi connectivity index (χ2v) is 10.8. The van der Waals surface area contributed by atoms with Crippen molar-refractivity contribution in [3.8, 4) is 0 Å². The Hall–Kier alpha value is -4.22. The van der Waals surface area contributed by atoms with Crippen LogP contribution >= 0.6 is 0 Å². The number of carboxylic acids is 1. The summed E-state index contributed by atoms with van der Waals surface area (Å²) in [6.07, 6.45) is 5.18. The van der Waals surface area contributed by atoms with Crippen molar-refractivity contribution in [1.82, 2.24) is 21.3 Å². The highest BCUT2D eigenvalue weighted by Crippen LogP contribution is 2.27. The summed E-state index contributed by atoms with van der Waals surface area (Å²) >= 11 is 0. The van der Waals surface area contributed by atoms with Crippen molar-refractivity contribution >= 4 is 53.9 Å². The molecule has 11 nitrogen and oxygen atoms in total. The first-order valence-corrected chi connectivity index (χ1v) is 14.5. The topological polar surface area (TPSA) is 171 Å². The Morgan fingerprint density at radius 3 is 2.21 bits per heavy atom. The van der Waals surface area contributed by atoms with Gasteiger partial charge in [-0.2, -0.15) is 0 Å². The quantitative estimate of drug-likeness (QED) is 0.166. The van der Waals surface area contributed by atoms with Crippen molar-refractivity contribution in [3.63, 3.8) is 0 Å². The number of aliphatic carboxylic acids is 1. The highest BCUT2D eigenvalue weighted by molar-refractivity contribution is 6.57. The molecule has 1 saturated carbocycles. The van der Waals surface area contributed by atoms with Gasteiger partial charge in [0, 0.05) is 6.42 Å². The largest absolute Gasteiger partial charge is 0.480 e. The van der Waals surface area contributed by atoms with Crippen molar-refractivity contribution in [1.29, 1.82) is 0 Å². The second kappa shape index (κ2) is 15.7. The number of amides is 4. The highest BCUT2D eigenvalue weighted by Gasteiger charge is 2.34. The van der Waals surface area contributed by atoms with Crippen LogP contribution in [0.1, 0.15) is 57.4 Å². The monoisotopic (exact) mass is 578 g/mol. The van der Waals surface area contributed by atoms with Crippen LogP contribution in [0.15, 0.2) is 42.5 Å². The summed E-state index contributed by atoms with van der Waals surface area (Å²) in [7, 11) is 1.35. The molecule has 0 aromatic heterocycles. The minimum atomic E-state index is -1.31. The molecule has 5 N–H and O–H groups in total. The Bertz CT molecular complexity index is 1310. The van der Waals surface area contributed by atoms with Gasteiger partial charge in [0.15, 0.2) is 5.81 Å². The average molecular weight is 578 g/mol. The molecule has 0 saturated heterocycles. The SMILES string of the molecule is BC(=O)N[C@H](C(=O)N[C@@H](Cc1cccc2ccccc12)C(=O)NC(CCC)C(=O)C(=O)NCC(=O)O)C1CCCCC1. The first-order chi connectivity index (χ1) is 20.1. The summed E-state index contributed by atoms with van der Waals surface area (Å²) in [6.45, 7) is 1.04. The predicted octanol–water partition coefficient (Wildman–Crippen LogP) is 1.21. The van der Waals surface area contributed by atoms with Crippen molar-refractivity contribution in [2.45, 2.75) is 76.4 Å². The lowest BCUT2D eigenvalue weighted by Crippen LogP contribution is -2.58. The molecule has 4 amide bonds. The van der Waals surface area contributed by atoms with Crippen LogP contribution in [0.4, 0.5) is 4.79 Å². The number of nitrogens with one attached hydrogen (secondary N) is 4. The van der Waals surface area contributed by atoms with E-state index in [1.54, 1.807) is 6.92 Å².